The Kier molecular flexibility index (Phi) is 4.23. The molecule has 3 N–H and O–H groups in total. The molecule has 0 amide bonds. The quantitative estimate of drug-likeness (QED) is 0.823. The van der Waals surface area contributed by atoms with E-state index in [1.54, 1.807) is 0 Å². The van der Waals surface area contributed by atoms with Gasteiger partial charge in [-0.3, -0.25) is 0 Å². The average Bonchev–Trinajstić information content (AvgIpc) is 2.44. The maximum Gasteiger partial charge on any atom is 0.136 e. The fourth-order valence-corrected chi connectivity index (χ4v) is 2.04. The first kappa shape index (κ1) is 14.7. The molecule has 1 heterocycles. The predicted octanol–water partition coefficient (Wildman–Crippen LogP) is 3.72. The van der Waals surface area contributed by atoms with Crippen molar-refractivity contribution >= 4 is 33.9 Å². The Morgan fingerprint density at radius 1 is 1.35 bits per heavy atom. The van der Waals surface area contributed by atoms with Crippen molar-refractivity contribution in [3.63, 3.8) is 0 Å². The zero-order valence-electron chi connectivity index (χ0n) is 12.2. The van der Waals surface area contributed by atoms with Crippen molar-refractivity contribution in [3.8, 4) is 0 Å². The molecule has 1 aromatic heterocycles. The number of rotatable bonds is 5. The van der Waals surface area contributed by atoms with Crippen LogP contribution in [0.1, 0.15) is 32.8 Å². The lowest BCUT2D eigenvalue weighted by Gasteiger charge is -2.24. The summed E-state index contributed by atoms with van der Waals surface area (Å²) in [6.07, 6.45) is 1.09. The van der Waals surface area contributed by atoms with E-state index in [1.165, 1.54) is 0 Å². The molecule has 0 aliphatic carbocycles. The normalized spacial score (nSPS) is 11.6. The minimum atomic E-state index is 0.209. The van der Waals surface area contributed by atoms with Gasteiger partial charge in [0, 0.05) is 11.9 Å². The standard InChI is InChI=1S/C16H21N3S/c1-4-16(2,3)10-18-15-12(14(17)20)9-11-7-5-6-8-13(11)19-15/h5-9H,4,10H2,1-3H3,(H2,17,20)(H,18,19). The third-order valence-electron chi connectivity index (χ3n) is 3.68. The van der Waals surface area contributed by atoms with Gasteiger partial charge >= 0.3 is 0 Å². The number of benzene rings is 1. The molecule has 0 spiro atoms. The Bertz CT molecular complexity index is 635. The fourth-order valence-electron chi connectivity index (χ4n) is 1.89. The van der Waals surface area contributed by atoms with Crippen LogP contribution in [0.15, 0.2) is 30.3 Å². The van der Waals surface area contributed by atoms with Gasteiger partial charge < -0.3 is 11.1 Å². The van der Waals surface area contributed by atoms with Crippen LogP contribution in [0, 0.1) is 5.41 Å². The molecule has 0 fully saturated rings. The first-order valence-corrected chi connectivity index (χ1v) is 7.27. The van der Waals surface area contributed by atoms with Gasteiger partial charge in [-0.1, -0.05) is 51.2 Å². The Morgan fingerprint density at radius 2 is 2.05 bits per heavy atom. The molecule has 0 radical (unpaired) electrons. The van der Waals surface area contributed by atoms with E-state index in [1.807, 2.05) is 30.3 Å². The summed E-state index contributed by atoms with van der Waals surface area (Å²) in [5, 5.41) is 4.45. The third-order valence-corrected chi connectivity index (χ3v) is 3.90. The van der Waals surface area contributed by atoms with Crippen LogP contribution in [0.4, 0.5) is 5.82 Å². The third kappa shape index (κ3) is 3.25. The number of hydrogen-bond donors (Lipinski definition) is 2. The van der Waals surface area contributed by atoms with Gasteiger partial charge in [0.05, 0.1) is 11.1 Å². The zero-order chi connectivity index (χ0) is 14.8. The highest BCUT2D eigenvalue weighted by Gasteiger charge is 2.16. The summed E-state index contributed by atoms with van der Waals surface area (Å²) in [5.74, 6) is 0.776. The first-order valence-electron chi connectivity index (χ1n) is 6.86. The lowest BCUT2D eigenvalue weighted by Crippen LogP contribution is -2.24. The number of anilines is 1. The molecular weight excluding hydrogens is 266 g/mol. The highest BCUT2D eigenvalue weighted by molar-refractivity contribution is 7.80. The molecule has 0 aliphatic rings. The number of aromatic nitrogens is 1. The largest absolute Gasteiger partial charge is 0.389 e. The molecule has 1 aromatic carbocycles. The Labute approximate surface area is 125 Å². The Balaban J connectivity index is 2.39. The smallest absolute Gasteiger partial charge is 0.136 e. The van der Waals surface area contributed by atoms with Gasteiger partial charge in [-0.25, -0.2) is 4.98 Å². The van der Waals surface area contributed by atoms with E-state index in [-0.39, 0.29) is 5.41 Å². The van der Waals surface area contributed by atoms with Crippen molar-refractivity contribution in [2.75, 3.05) is 11.9 Å². The molecule has 0 bridgehead atoms. The number of fused-ring (bicyclic) bond motifs is 1. The highest BCUT2D eigenvalue weighted by atomic mass is 32.1. The number of para-hydroxylation sites is 1. The second kappa shape index (κ2) is 5.75. The summed E-state index contributed by atoms with van der Waals surface area (Å²) in [5.41, 5.74) is 7.80. The highest BCUT2D eigenvalue weighted by Crippen LogP contribution is 2.24. The minimum Gasteiger partial charge on any atom is -0.389 e. The second-order valence-electron chi connectivity index (χ2n) is 5.81. The molecule has 2 rings (SSSR count). The van der Waals surface area contributed by atoms with Crippen LogP contribution >= 0.6 is 12.2 Å². The molecule has 2 aromatic rings. The molecule has 0 unspecified atom stereocenters. The monoisotopic (exact) mass is 287 g/mol. The summed E-state index contributed by atoms with van der Waals surface area (Å²) >= 11 is 5.15. The SMILES string of the molecule is CCC(C)(C)CNc1nc2ccccc2cc1C(N)=S. The van der Waals surface area contributed by atoms with E-state index in [9.17, 15) is 0 Å². The molecule has 0 saturated heterocycles. The molecule has 0 saturated carbocycles. The maximum absolute atomic E-state index is 5.83. The molecule has 0 atom stereocenters. The van der Waals surface area contributed by atoms with Crippen LogP contribution < -0.4 is 11.1 Å². The average molecular weight is 287 g/mol. The van der Waals surface area contributed by atoms with E-state index in [0.29, 0.717) is 4.99 Å². The fraction of sp³-hybridized carbons (Fsp3) is 0.375. The van der Waals surface area contributed by atoms with Crippen LogP contribution in [0.2, 0.25) is 0 Å². The summed E-state index contributed by atoms with van der Waals surface area (Å²) in [4.78, 5) is 5.03. The van der Waals surface area contributed by atoms with Crippen LogP contribution in [-0.2, 0) is 0 Å². The zero-order valence-corrected chi connectivity index (χ0v) is 13.1. The number of nitrogens with one attached hydrogen (secondary N) is 1. The number of pyridine rings is 1. The van der Waals surface area contributed by atoms with E-state index < -0.39 is 0 Å². The number of nitrogens with two attached hydrogens (primary N) is 1. The van der Waals surface area contributed by atoms with Crippen LogP contribution in [0.3, 0.4) is 0 Å². The van der Waals surface area contributed by atoms with Gasteiger partial charge in [-0.2, -0.15) is 0 Å². The van der Waals surface area contributed by atoms with Gasteiger partial charge in [0.25, 0.3) is 0 Å². The predicted molar refractivity (Wildman–Crippen MR) is 90.2 cm³/mol. The molecule has 3 nitrogen and oxygen atoms in total. The Hall–Kier alpha value is -1.68. The van der Waals surface area contributed by atoms with Crippen molar-refractivity contribution in [1.29, 1.82) is 0 Å². The maximum atomic E-state index is 5.83. The number of hydrogen-bond acceptors (Lipinski definition) is 3. The van der Waals surface area contributed by atoms with Gasteiger partial charge in [-0.05, 0) is 24.0 Å². The summed E-state index contributed by atoms with van der Waals surface area (Å²) in [6, 6.07) is 9.99. The van der Waals surface area contributed by atoms with Gasteiger partial charge in [0.2, 0.25) is 0 Å². The van der Waals surface area contributed by atoms with E-state index in [4.69, 9.17) is 18.0 Å². The number of nitrogens with zero attached hydrogens (tertiary/aromatic N) is 1. The van der Waals surface area contributed by atoms with Crippen molar-refractivity contribution < 1.29 is 0 Å². The van der Waals surface area contributed by atoms with Gasteiger partial charge in [-0.15, -0.1) is 0 Å². The van der Waals surface area contributed by atoms with Crippen molar-refractivity contribution in [2.24, 2.45) is 11.1 Å². The number of thiocarbonyl (C=S) groups is 1. The lowest BCUT2D eigenvalue weighted by molar-refractivity contribution is 0.376. The van der Waals surface area contributed by atoms with Crippen LogP contribution in [0.5, 0.6) is 0 Å². The molecule has 4 heteroatoms. The summed E-state index contributed by atoms with van der Waals surface area (Å²) in [7, 11) is 0. The van der Waals surface area contributed by atoms with Crippen molar-refractivity contribution in [2.45, 2.75) is 27.2 Å². The molecule has 20 heavy (non-hydrogen) atoms. The second-order valence-corrected chi connectivity index (χ2v) is 6.25. The van der Waals surface area contributed by atoms with Crippen LogP contribution in [-0.4, -0.2) is 16.5 Å². The lowest BCUT2D eigenvalue weighted by atomic mass is 9.90. The van der Waals surface area contributed by atoms with E-state index in [2.05, 4.69) is 31.1 Å². The van der Waals surface area contributed by atoms with Crippen molar-refractivity contribution in [3.05, 3.63) is 35.9 Å². The Morgan fingerprint density at radius 3 is 2.70 bits per heavy atom. The van der Waals surface area contributed by atoms with Crippen LogP contribution in [0.25, 0.3) is 10.9 Å². The van der Waals surface area contributed by atoms with E-state index >= 15 is 0 Å². The van der Waals surface area contributed by atoms with Gasteiger partial charge in [0.1, 0.15) is 10.8 Å². The molecule has 0 aliphatic heterocycles. The van der Waals surface area contributed by atoms with E-state index in [0.717, 1.165) is 35.2 Å². The molecule has 106 valence electrons. The first-order chi connectivity index (χ1) is 9.43. The topological polar surface area (TPSA) is 50.9 Å². The minimum absolute atomic E-state index is 0.209. The summed E-state index contributed by atoms with van der Waals surface area (Å²) < 4.78 is 0. The van der Waals surface area contributed by atoms with Gasteiger partial charge in [0.15, 0.2) is 0 Å². The van der Waals surface area contributed by atoms with Crippen molar-refractivity contribution in [1.82, 2.24) is 4.98 Å². The summed E-state index contributed by atoms with van der Waals surface area (Å²) in [6.45, 7) is 7.47. The molecular formula is C16H21N3S.